The van der Waals surface area contributed by atoms with E-state index < -0.39 is 21.3 Å². The Balaban J connectivity index is 0.00000194. The number of halogens is 2. The number of allylic oxidation sites excluding steroid dienone is 4. The fraction of sp³-hybridized carbons (Fsp3) is 0.432. The first kappa shape index (κ1) is 32.9. The summed E-state index contributed by atoms with van der Waals surface area (Å²) in [4.78, 5) is 0. The molecule has 0 amide bonds. The number of hydrogen-bond acceptors (Lipinski definition) is 1. The monoisotopic (exact) mass is 680 g/mol. The predicted molar refractivity (Wildman–Crippen MR) is 169 cm³/mol. The Morgan fingerprint density at radius 2 is 1.32 bits per heavy atom. The van der Waals surface area contributed by atoms with Crippen molar-refractivity contribution in [2.24, 2.45) is 5.92 Å². The van der Waals surface area contributed by atoms with Crippen molar-refractivity contribution in [2.75, 3.05) is 0 Å². The van der Waals surface area contributed by atoms with Crippen LogP contribution in [-0.4, -0.2) is 3.21 Å². The van der Waals surface area contributed by atoms with Crippen molar-refractivity contribution in [1.82, 2.24) is 0 Å². The molecular weight excluding hydrogens is 639 g/mol. The van der Waals surface area contributed by atoms with Gasteiger partial charge in [0.15, 0.2) is 0 Å². The third kappa shape index (κ3) is 6.16. The number of hydrogen-bond donors (Lipinski definition) is 0. The van der Waals surface area contributed by atoms with Gasteiger partial charge in [-0.05, 0) is 0 Å². The molecule has 0 N–H and O–H groups in total. The molecule has 4 heteroatoms. The van der Waals surface area contributed by atoms with Gasteiger partial charge < -0.3 is 24.8 Å². The fourth-order valence-electron chi connectivity index (χ4n) is 7.02. The molecule has 0 bridgehead atoms. The molecule has 6 rings (SSSR count). The van der Waals surface area contributed by atoms with Gasteiger partial charge in [0.2, 0.25) is 0 Å². The van der Waals surface area contributed by atoms with Crippen LogP contribution in [0.1, 0.15) is 112 Å². The van der Waals surface area contributed by atoms with Crippen molar-refractivity contribution in [3.05, 3.63) is 96.5 Å². The Bertz CT molecular complexity index is 1440. The zero-order chi connectivity index (χ0) is 27.5. The van der Waals surface area contributed by atoms with E-state index in [1.54, 1.807) is 16.7 Å². The molecule has 2 aromatic carbocycles. The van der Waals surface area contributed by atoms with Crippen LogP contribution in [0, 0.1) is 5.92 Å². The molecule has 1 heterocycles. The van der Waals surface area contributed by atoms with Crippen LogP contribution >= 0.6 is 11.3 Å². The average molecular weight is 683 g/mol. The summed E-state index contributed by atoms with van der Waals surface area (Å²) < 4.78 is 4.43. The van der Waals surface area contributed by atoms with Gasteiger partial charge >= 0.3 is 250 Å². The Morgan fingerprint density at radius 1 is 0.756 bits per heavy atom. The Kier molecular flexibility index (Phi) is 10.0. The molecule has 0 radical (unpaired) electrons. The largest absolute Gasteiger partial charge is 1.00 e. The topological polar surface area (TPSA) is 0 Å². The van der Waals surface area contributed by atoms with E-state index in [-0.39, 0.29) is 35.6 Å². The summed E-state index contributed by atoms with van der Waals surface area (Å²) in [6.45, 7) is 16.6. The van der Waals surface area contributed by atoms with Crippen LogP contribution < -0.4 is 24.8 Å². The third-order valence-electron chi connectivity index (χ3n) is 9.30. The first-order valence-electron chi connectivity index (χ1n) is 15.0. The van der Waals surface area contributed by atoms with Crippen molar-refractivity contribution in [3.63, 3.8) is 0 Å². The molecule has 1 fully saturated rings. The summed E-state index contributed by atoms with van der Waals surface area (Å²) in [5.41, 5.74) is 12.6. The summed E-state index contributed by atoms with van der Waals surface area (Å²) in [5, 5.41) is 4.64. The van der Waals surface area contributed by atoms with E-state index in [2.05, 4.69) is 114 Å². The Labute approximate surface area is 272 Å². The average Bonchev–Trinajstić information content (AvgIpc) is 3.63. The van der Waals surface area contributed by atoms with E-state index in [4.69, 9.17) is 0 Å². The normalized spacial score (nSPS) is 18.4. The van der Waals surface area contributed by atoms with Gasteiger partial charge in [-0.25, -0.2) is 0 Å². The Hall–Kier alpha value is -1.05. The van der Waals surface area contributed by atoms with Gasteiger partial charge in [0, 0.05) is 0 Å². The summed E-state index contributed by atoms with van der Waals surface area (Å²) in [5.74, 6) is 0.555. The smallest absolute Gasteiger partial charge is 1.00 e. The minimum absolute atomic E-state index is 0. The van der Waals surface area contributed by atoms with Gasteiger partial charge in [0.25, 0.3) is 0 Å². The van der Waals surface area contributed by atoms with Crippen molar-refractivity contribution >= 4 is 20.1 Å². The summed E-state index contributed by atoms with van der Waals surface area (Å²) >= 11 is -0.515. The zero-order valence-corrected chi connectivity index (χ0v) is 30.5. The molecule has 41 heavy (non-hydrogen) atoms. The van der Waals surface area contributed by atoms with E-state index >= 15 is 0 Å². The van der Waals surface area contributed by atoms with Gasteiger partial charge in [0.1, 0.15) is 0 Å². The van der Waals surface area contributed by atoms with Gasteiger partial charge in [-0.1, -0.05) is 0 Å². The molecule has 1 saturated carbocycles. The minimum Gasteiger partial charge on any atom is -1.00 e. The van der Waals surface area contributed by atoms with Crippen LogP contribution in [0.5, 0.6) is 0 Å². The maximum atomic E-state index is 2.57. The van der Waals surface area contributed by atoms with Crippen LogP contribution in [0.4, 0.5) is 0 Å². The predicted octanol–water partition coefficient (Wildman–Crippen LogP) is 4.79. The minimum atomic E-state index is -2.36. The van der Waals surface area contributed by atoms with Gasteiger partial charge in [-0.2, -0.15) is 0 Å². The third-order valence-corrected chi connectivity index (χ3v) is 19.2. The van der Waals surface area contributed by atoms with Gasteiger partial charge in [0.05, 0.1) is 0 Å². The quantitative estimate of drug-likeness (QED) is 0.373. The van der Waals surface area contributed by atoms with E-state index in [0.717, 1.165) is 0 Å². The number of thiophene rings is 1. The van der Waals surface area contributed by atoms with Crippen LogP contribution in [0.25, 0.3) is 16.7 Å². The van der Waals surface area contributed by atoms with E-state index in [0.29, 0.717) is 9.54 Å². The van der Waals surface area contributed by atoms with E-state index in [1.165, 1.54) is 59.9 Å². The standard InChI is InChI=1S/C21H25.C10H9S.C6H10.2ClH.Zr/c1-20(2,3)16-9-7-14-11-15-8-10-17(21(4,5)6)13-19(15)18(14)12-16;1-8-2-3-9(6-8)10-4-5-11-7-10;1-2-4-6-5-3-1;;;/h7-13H,1-6H3;2-5,7-8H,1H3;1-5H2;2*1H;/q;;;;;+2/p-2. The number of rotatable bonds is 3. The van der Waals surface area contributed by atoms with E-state index in [9.17, 15) is 0 Å². The second kappa shape index (κ2) is 12.5. The summed E-state index contributed by atoms with van der Waals surface area (Å²) in [6.07, 6.45) is 11.9. The second-order valence-corrected chi connectivity index (χ2v) is 21.4. The van der Waals surface area contributed by atoms with Crippen LogP contribution in [0.15, 0.2) is 68.7 Å². The molecule has 3 aliphatic rings. The van der Waals surface area contributed by atoms with Gasteiger partial charge in [-0.15, -0.1) is 0 Å². The van der Waals surface area contributed by atoms with Crippen LogP contribution in [0.2, 0.25) is 0 Å². The van der Waals surface area contributed by atoms with Crippen LogP contribution in [-0.2, 0) is 32.1 Å². The van der Waals surface area contributed by atoms with Gasteiger partial charge in [-0.3, -0.25) is 0 Å². The molecule has 216 valence electrons. The van der Waals surface area contributed by atoms with Crippen molar-refractivity contribution < 1.29 is 46.1 Å². The molecular formula is C37H44Cl2SZr. The molecule has 1 aromatic heterocycles. The van der Waals surface area contributed by atoms with Crippen molar-refractivity contribution in [1.29, 1.82) is 0 Å². The second-order valence-electron chi connectivity index (χ2n) is 14.1. The zero-order valence-electron chi connectivity index (χ0n) is 25.7. The Morgan fingerprint density at radius 3 is 1.80 bits per heavy atom. The fourth-order valence-corrected chi connectivity index (χ4v) is 18.1. The molecule has 1 atom stereocenters. The molecule has 0 aliphatic heterocycles. The number of benzene rings is 2. The van der Waals surface area contributed by atoms with Crippen molar-refractivity contribution in [2.45, 2.75) is 95.0 Å². The first-order valence-corrected chi connectivity index (χ1v) is 19.8. The van der Waals surface area contributed by atoms with Crippen molar-refractivity contribution in [3.8, 4) is 11.1 Å². The molecule has 3 aliphatic carbocycles. The maximum Gasteiger partial charge on any atom is -1.00 e. The van der Waals surface area contributed by atoms with E-state index in [1.807, 2.05) is 17.8 Å². The van der Waals surface area contributed by atoms with Crippen LogP contribution in [0.3, 0.4) is 0 Å². The molecule has 3 aromatic rings. The molecule has 0 saturated heterocycles. The molecule has 0 nitrogen and oxygen atoms in total. The molecule has 1 unspecified atom stereocenters. The molecule has 0 spiro atoms. The SMILES string of the molecule is CC1C=CC(c2ccsc2)=[C]1[Zr+2](=[C]1CCCCC1)[CH]1c2ccc(C(C)(C)C)cc2-c2cc(C(C)(C)C)ccc21.[Cl-].[Cl-]. The first-order chi connectivity index (χ1) is 18.5. The summed E-state index contributed by atoms with van der Waals surface area (Å²) in [7, 11) is 0. The number of fused-ring (bicyclic) bond motifs is 3. The maximum absolute atomic E-state index is 2.57. The summed E-state index contributed by atoms with van der Waals surface area (Å²) in [6, 6.07) is 17.5.